The highest BCUT2D eigenvalue weighted by Crippen LogP contribution is 2.25. The molecule has 0 spiro atoms. The maximum atomic E-state index is 13.4. The first-order chi connectivity index (χ1) is 15.7. The van der Waals surface area contributed by atoms with E-state index in [0.29, 0.717) is 6.54 Å². The van der Waals surface area contributed by atoms with Gasteiger partial charge in [0.15, 0.2) is 0 Å². The van der Waals surface area contributed by atoms with Gasteiger partial charge in [-0.3, -0.25) is 4.90 Å². The van der Waals surface area contributed by atoms with E-state index in [1.165, 1.54) is 0 Å². The van der Waals surface area contributed by atoms with Gasteiger partial charge in [-0.05, 0) is 54.4 Å². The molecule has 0 aliphatic rings. The molecule has 156 valence electrons. The Morgan fingerprint density at radius 2 is 1.41 bits per heavy atom. The van der Waals surface area contributed by atoms with Gasteiger partial charge in [-0.15, -0.1) is 0 Å². The number of nitrogens with one attached hydrogen (secondary N) is 1. The van der Waals surface area contributed by atoms with Crippen LogP contribution in [0.2, 0.25) is 0 Å². The lowest BCUT2D eigenvalue weighted by Crippen LogP contribution is -2.35. The highest BCUT2D eigenvalue weighted by molar-refractivity contribution is 6.02. The Bertz CT molecular complexity index is 1240. The Kier molecular flexibility index (Phi) is 6.65. The molecule has 3 heteroatoms. The topological polar surface area (TPSA) is 32.3 Å². The summed E-state index contributed by atoms with van der Waals surface area (Å²) in [6.45, 7) is 2.46. The molecule has 1 N–H and O–H groups in total. The van der Waals surface area contributed by atoms with Crippen LogP contribution in [0.3, 0.4) is 0 Å². The number of carbonyl (C=O) groups is 1. The van der Waals surface area contributed by atoms with Crippen molar-refractivity contribution in [2.24, 2.45) is 0 Å². The molecule has 0 aliphatic heterocycles. The number of nitrogens with zero attached hydrogens (tertiary/aromatic N) is 1. The fourth-order valence-corrected chi connectivity index (χ4v) is 3.39. The SMILES string of the molecule is Cc1ccc(N(Cc2ccccc2)C(=O)Nc2ccccc2)c(C#Cc2ccccc2)c1. The summed E-state index contributed by atoms with van der Waals surface area (Å²) < 4.78 is 0. The predicted octanol–water partition coefficient (Wildman–Crippen LogP) is 6.63. The molecule has 0 heterocycles. The van der Waals surface area contributed by atoms with Crippen molar-refractivity contribution in [2.45, 2.75) is 13.5 Å². The molecular weight excluding hydrogens is 392 g/mol. The number of para-hydroxylation sites is 1. The number of hydrogen-bond donors (Lipinski definition) is 1. The van der Waals surface area contributed by atoms with Gasteiger partial charge in [0.2, 0.25) is 0 Å². The Balaban J connectivity index is 1.73. The summed E-state index contributed by atoms with van der Waals surface area (Å²) >= 11 is 0. The van der Waals surface area contributed by atoms with Crippen LogP contribution in [0.5, 0.6) is 0 Å². The first-order valence-corrected chi connectivity index (χ1v) is 10.5. The van der Waals surface area contributed by atoms with Crippen molar-refractivity contribution in [3.8, 4) is 11.8 Å². The number of urea groups is 1. The summed E-state index contributed by atoms with van der Waals surface area (Å²) in [5.41, 5.74) is 5.40. The zero-order valence-electron chi connectivity index (χ0n) is 18.0. The molecule has 0 bridgehead atoms. The molecule has 3 nitrogen and oxygen atoms in total. The van der Waals surface area contributed by atoms with Crippen molar-refractivity contribution in [1.82, 2.24) is 0 Å². The molecule has 0 atom stereocenters. The molecule has 32 heavy (non-hydrogen) atoms. The minimum Gasteiger partial charge on any atom is -0.308 e. The van der Waals surface area contributed by atoms with Gasteiger partial charge >= 0.3 is 6.03 Å². The number of carbonyl (C=O) groups excluding carboxylic acids is 1. The number of aryl methyl sites for hydroxylation is 1. The molecule has 4 aromatic rings. The predicted molar refractivity (Wildman–Crippen MR) is 132 cm³/mol. The second-order valence-electron chi connectivity index (χ2n) is 7.50. The smallest absolute Gasteiger partial charge is 0.308 e. The molecule has 0 saturated carbocycles. The van der Waals surface area contributed by atoms with Crippen molar-refractivity contribution in [2.75, 3.05) is 10.2 Å². The summed E-state index contributed by atoms with van der Waals surface area (Å²) in [6.07, 6.45) is 0. The molecular formula is C29H24N2O. The lowest BCUT2D eigenvalue weighted by Gasteiger charge is -2.25. The highest BCUT2D eigenvalue weighted by atomic mass is 16.2. The van der Waals surface area contributed by atoms with Crippen molar-refractivity contribution in [3.63, 3.8) is 0 Å². The van der Waals surface area contributed by atoms with Gasteiger partial charge in [-0.25, -0.2) is 4.79 Å². The summed E-state index contributed by atoms with van der Waals surface area (Å²) in [4.78, 5) is 15.1. The third kappa shape index (κ3) is 5.44. The van der Waals surface area contributed by atoms with Crippen LogP contribution >= 0.6 is 0 Å². The average Bonchev–Trinajstić information content (AvgIpc) is 2.83. The zero-order valence-corrected chi connectivity index (χ0v) is 18.0. The minimum atomic E-state index is -0.202. The van der Waals surface area contributed by atoms with Crippen LogP contribution in [0.4, 0.5) is 16.2 Å². The summed E-state index contributed by atoms with van der Waals surface area (Å²) in [6, 6.07) is 35.1. The largest absolute Gasteiger partial charge is 0.326 e. The highest BCUT2D eigenvalue weighted by Gasteiger charge is 2.19. The van der Waals surface area contributed by atoms with Gasteiger partial charge < -0.3 is 5.32 Å². The molecule has 4 aromatic carbocycles. The van der Waals surface area contributed by atoms with Gasteiger partial charge in [0.1, 0.15) is 0 Å². The molecule has 0 fully saturated rings. The molecule has 4 rings (SSSR count). The van der Waals surface area contributed by atoms with Gasteiger partial charge in [-0.1, -0.05) is 84.6 Å². The minimum absolute atomic E-state index is 0.202. The molecule has 2 amide bonds. The lowest BCUT2D eigenvalue weighted by molar-refractivity contribution is 0.256. The summed E-state index contributed by atoms with van der Waals surface area (Å²) in [5, 5.41) is 3.02. The number of anilines is 2. The van der Waals surface area contributed by atoms with E-state index in [0.717, 1.165) is 33.6 Å². The molecule has 0 aromatic heterocycles. The fraction of sp³-hybridized carbons (Fsp3) is 0.0690. The average molecular weight is 417 g/mol. The second kappa shape index (κ2) is 10.1. The lowest BCUT2D eigenvalue weighted by atomic mass is 10.1. The van der Waals surface area contributed by atoms with Gasteiger partial charge in [-0.2, -0.15) is 0 Å². The number of hydrogen-bond acceptors (Lipinski definition) is 1. The third-order valence-corrected chi connectivity index (χ3v) is 5.01. The van der Waals surface area contributed by atoms with Gasteiger partial charge in [0.25, 0.3) is 0 Å². The fourth-order valence-electron chi connectivity index (χ4n) is 3.39. The standard InChI is InChI=1S/C29H24N2O/c1-23-17-20-28(26(21-23)19-18-24-11-5-2-6-12-24)31(22-25-13-7-3-8-14-25)29(32)30-27-15-9-4-10-16-27/h2-17,20-21H,22H2,1H3,(H,30,32). The van der Waals surface area contributed by atoms with E-state index in [2.05, 4.69) is 17.2 Å². The molecule has 0 saturated heterocycles. The first-order valence-electron chi connectivity index (χ1n) is 10.5. The maximum absolute atomic E-state index is 13.4. The van der Waals surface area contributed by atoms with Crippen molar-refractivity contribution < 1.29 is 4.79 Å². The summed E-state index contributed by atoms with van der Waals surface area (Å²) in [7, 11) is 0. The van der Waals surface area contributed by atoms with E-state index in [-0.39, 0.29) is 6.03 Å². The van der Waals surface area contributed by atoms with E-state index in [1.54, 1.807) is 4.90 Å². The van der Waals surface area contributed by atoms with Crippen LogP contribution in [0.25, 0.3) is 0 Å². The quantitative estimate of drug-likeness (QED) is 0.372. The number of benzene rings is 4. The van der Waals surface area contributed by atoms with Crippen LogP contribution in [-0.2, 0) is 6.54 Å². The van der Waals surface area contributed by atoms with Crippen molar-refractivity contribution in [1.29, 1.82) is 0 Å². The molecule has 0 unspecified atom stereocenters. The second-order valence-corrected chi connectivity index (χ2v) is 7.50. The van der Waals surface area contributed by atoms with Crippen molar-refractivity contribution in [3.05, 3.63) is 131 Å². The van der Waals surface area contributed by atoms with Crippen LogP contribution in [0, 0.1) is 18.8 Å². The Morgan fingerprint density at radius 3 is 2.09 bits per heavy atom. The molecule has 0 aliphatic carbocycles. The normalized spacial score (nSPS) is 10.0. The Hall–Kier alpha value is -4.29. The van der Waals surface area contributed by atoms with Crippen LogP contribution in [0.1, 0.15) is 22.3 Å². The van der Waals surface area contributed by atoms with Gasteiger partial charge in [0, 0.05) is 16.8 Å². The van der Waals surface area contributed by atoms with E-state index >= 15 is 0 Å². The van der Waals surface area contributed by atoms with Gasteiger partial charge in [0.05, 0.1) is 12.2 Å². The third-order valence-electron chi connectivity index (χ3n) is 5.01. The van der Waals surface area contributed by atoms with Crippen LogP contribution in [0.15, 0.2) is 109 Å². The van der Waals surface area contributed by atoms with Crippen LogP contribution in [-0.4, -0.2) is 6.03 Å². The van der Waals surface area contributed by atoms with E-state index in [9.17, 15) is 4.79 Å². The van der Waals surface area contributed by atoms with Crippen molar-refractivity contribution >= 4 is 17.4 Å². The van der Waals surface area contributed by atoms with Crippen LogP contribution < -0.4 is 10.2 Å². The van der Waals surface area contributed by atoms with E-state index in [1.807, 2.05) is 116 Å². The number of rotatable bonds is 4. The maximum Gasteiger partial charge on any atom is 0.326 e. The monoisotopic (exact) mass is 416 g/mol. The van der Waals surface area contributed by atoms with E-state index < -0.39 is 0 Å². The Morgan fingerprint density at radius 1 is 0.781 bits per heavy atom. The number of amides is 2. The summed E-state index contributed by atoms with van der Waals surface area (Å²) in [5.74, 6) is 6.51. The van der Waals surface area contributed by atoms with E-state index in [4.69, 9.17) is 0 Å². The zero-order chi connectivity index (χ0) is 22.2. The molecule has 0 radical (unpaired) electrons. The Labute approximate surface area is 189 Å². The first kappa shape index (κ1) is 21.0.